The van der Waals surface area contributed by atoms with Gasteiger partial charge in [-0.15, -0.1) is 0 Å². The predicted octanol–water partition coefficient (Wildman–Crippen LogP) is 6.80. The zero-order chi connectivity index (χ0) is 38.9. The van der Waals surface area contributed by atoms with Crippen molar-refractivity contribution in [3.05, 3.63) is 102 Å². The van der Waals surface area contributed by atoms with Gasteiger partial charge < -0.3 is 24.6 Å². The Morgan fingerprint density at radius 1 is 0.750 bits per heavy atom. The summed E-state index contributed by atoms with van der Waals surface area (Å²) in [6.45, 7) is 1.16. The number of benzene rings is 3. The monoisotopic (exact) mass is 741 g/mol. The molecule has 0 spiro atoms. The van der Waals surface area contributed by atoms with Crippen LogP contribution in [0.1, 0.15) is 11.1 Å². The SMILES string of the molecule is CN(C)CCN(C(=O)OCc1ccccc1)c1cc(-c2cn[nH]c2)ccc1NC(=O)OCc1ccccc1.O=C(O)C(F)(F)F.O=C(O)C(F)(F)F. The van der Waals surface area contributed by atoms with Gasteiger partial charge >= 0.3 is 36.5 Å². The minimum absolute atomic E-state index is 0.124. The molecule has 3 aromatic carbocycles. The van der Waals surface area contributed by atoms with Crippen molar-refractivity contribution < 1.29 is 65.2 Å². The molecule has 4 rings (SSSR count). The summed E-state index contributed by atoms with van der Waals surface area (Å²) in [6.07, 6.45) is -7.87. The number of rotatable bonds is 10. The number of carboxylic acid groups (broad SMARTS) is 2. The fourth-order valence-corrected chi connectivity index (χ4v) is 3.73. The van der Waals surface area contributed by atoms with E-state index in [1.165, 1.54) is 4.90 Å². The smallest absolute Gasteiger partial charge is 0.475 e. The van der Waals surface area contributed by atoms with Crippen molar-refractivity contribution in [2.75, 3.05) is 37.4 Å². The number of nitrogens with one attached hydrogen (secondary N) is 2. The fourth-order valence-electron chi connectivity index (χ4n) is 3.73. The van der Waals surface area contributed by atoms with E-state index < -0.39 is 36.5 Å². The number of carbonyl (C=O) groups excluding carboxylic acids is 2. The summed E-state index contributed by atoms with van der Waals surface area (Å²) in [7, 11) is 3.85. The third-order valence-corrected chi connectivity index (χ3v) is 6.25. The van der Waals surface area contributed by atoms with Gasteiger partial charge in [-0.1, -0.05) is 66.7 Å². The van der Waals surface area contributed by atoms with Crippen LogP contribution in [-0.2, 0) is 32.3 Å². The largest absolute Gasteiger partial charge is 0.490 e. The summed E-state index contributed by atoms with van der Waals surface area (Å²) in [6, 6.07) is 24.3. The van der Waals surface area contributed by atoms with Crippen LogP contribution in [-0.4, -0.2) is 89.0 Å². The van der Waals surface area contributed by atoms with Crippen molar-refractivity contribution in [1.82, 2.24) is 15.1 Å². The maximum atomic E-state index is 13.4. The number of carbonyl (C=O) groups is 4. The van der Waals surface area contributed by atoms with Crippen LogP contribution in [0.4, 0.5) is 47.3 Å². The Kier molecular flexibility index (Phi) is 16.1. The number of amides is 2. The molecule has 0 fully saturated rings. The van der Waals surface area contributed by atoms with Gasteiger partial charge in [0.1, 0.15) is 13.2 Å². The molecule has 1 aromatic heterocycles. The van der Waals surface area contributed by atoms with Gasteiger partial charge in [-0.05, 0) is 42.9 Å². The van der Waals surface area contributed by atoms with Crippen LogP contribution in [0.2, 0.25) is 0 Å². The second-order valence-electron chi connectivity index (χ2n) is 10.5. The van der Waals surface area contributed by atoms with Gasteiger partial charge in [0, 0.05) is 24.8 Å². The van der Waals surface area contributed by atoms with E-state index in [1.807, 2.05) is 91.8 Å². The van der Waals surface area contributed by atoms with E-state index in [1.54, 1.807) is 18.5 Å². The van der Waals surface area contributed by atoms with Crippen molar-refractivity contribution in [3.8, 4) is 11.1 Å². The van der Waals surface area contributed by atoms with E-state index in [9.17, 15) is 35.9 Å². The van der Waals surface area contributed by atoms with Gasteiger partial charge in [-0.2, -0.15) is 31.4 Å². The van der Waals surface area contributed by atoms with E-state index in [2.05, 4.69) is 15.5 Å². The summed E-state index contributed by atoms with van der Waals surface area (Å²) in [5.74, 6) is -5.51. The van der Waals surface area contributed by atoms with Gasteiger partial charge in [-0.25, -0.2) is 19.2 Å². The summed E-state index contributed by atoms with van der Waals surface area (Å²) in [4.78, 5) is 47.4. The maximum absolute atomic E-state index is 13.4. The standard InChI is InChI=1S/C29H31N5O4.2C2HF3O2/c1-33(2)15-16-34(29(36)38-21-23-11-7-4-8-12-23)27-17-24(25-18-30-31-19-25)13-14-26(27)32-28(35)37-20-22-9-5-3-6-10-22;2*3-2(4,5)1(6)7/h3-14,17-19H,15-16,20-21H2,1-2H3,(H,30,31)(H,32,35);2*(H,6,7). The highest BCUT2D eigenvalue weighted by Gasteiger charge is 2.39. The van der Waals surface area contributed by atoms with Crippen LogP contribution < -0.4 is 10.2 Å². The van der Waals surface area contributed by atoms with E-state index in [-0.39, 0.29) is 13.2 Å². The van der Waals surface area contributed by atoms with Gasteiger partial charge in [0.25, 0.3) is 0 Å². The molecule has 0 radical (unpaired) electrons. The lowest BCUT2D eigenvalue weighted by atomic mass is 10.1. The number of carboxylic acids is 2. The number of H-pyrrole nitrogens is 1. The zero-order valence-electron chi connectivity index (χ0n) is 27.4. The molecular weight excluding hydrogens is 708 g/mol. The van der Waals surface area contributed by atoms with E-state index in [0.29, 0.717) is 24.5 Å². The highest BCUT2D eigenvalue weighted by atomic mass is 19.4. The lowest BCUT2D eigenvalue weighted by molar-refractivity contribution is -0.193. The molecule has 52 heavy (non-hydrogen) atoms. The Bertz CT molecular complexity index is 1700. The molecule has 4 aromatic rings. The van der Waals surface area contributed by atoms with Crippen molar-refractivity contribution in [3.63, 3.8) is 0 Å². The minimum Gasteiger partial charge on any atom is -0.475 e. The van der Waals surface area contributed by atoms with Gasteiger partial charge in [0.2, 0.25) is 0 Å². The number of aromatic nitrogens is 2. The average molecular weight is 742 g/mol. The molecule has 0 bridgehead atoms. The Balaban J connectivity index is 0.000000564. The van der Waals surface area contributed by atoms with Crippen molar-refractivity contribution >= 4 is 35.5 Å². The molecule has 0 saturated heterocycles. The van der Waals surface area contributed by atoms with Crippen LogP contribution in [0.25, 0.3) is 11.1 Å². The quantitative estimate of drug-likeness (QED) is 0.127. The van der Waals surface area contributed by atoms with Crippen LogP contribution >= 0.6 is 0 Å². The number of aliphatic carboxylic acids is 2. The second kappa shape index (κ2) is 19.9. The summed E-state index contributed by atoms with van der Waals surface area (Å²) in [5, 5.41) is 23.9. The highest BCUT2D eigenvalue weighted by Crippen LogP contribution is 2.32. The zero-order valence-corrected chi connectivity index (χ0v) is 27.4. The fraction of sp³-hybridized carbons (Fsp3) is 0.242. The van der Waals surface area contributed by atoms with Gasteiger partial charge in [-0.3, -0.25) is 15.3 Å². The number of hydrogen-bond acceptors (Lipinski definition) is 8. The van der Waals surface area contributed by atoms with E-state index in [4.69, 9.17) is 29.3 Å². The predicted molar refractivity (Wildman–Crippen MR) is 174 cm³/mol. The van der Waals surface area contributed by atoms with Crippen molar-refractivity contribution in [1.29, 1.82) is 0 Å². The molecule has 2 amide bonds. The Hall–Kier alpha value is -6.11. The third kappa shape index (κ3) is 15.2. The summed E-state index contributed by atoms with van der Waals surface area (Å²) < 4.78 is 74.6. The Morgan fingerprint density at radius 3 is 1.69 bits per heavy atom. The molecule has 0 atom stereocenters. The normalized spacial score (nSPS) is 10.9. The van der Waals surface area contributed by atoms with Crippen LogP contribution in [0.3, 0.4) is 0 Å². The molecule has 19 heteroatoms. The lowest BCUT2D eigenvalue weighted by Gasteiger charge is -2.26. The molecular formula is C33H33F6N5O8. The molecule has 0 aliphatic heterocycles. The third-order valence-electron chi connectivity index (χ3n) is 6.25. The molecule has 0 aliphatic carbocycles. The van der Waals surface area contributed by atoms with E-state index >= 15 is 0 Å². The lowest BCUT2D eigenvalue weighted by Crippen LogP contribution is -2.37. The number of alkyl halides is 6. The molecule has 0 saturated carbocycles. The first-order chi connectivity index (χ1) is 24.4. The second-order valence-corrected chi connectivity index (χ2v) is 10.5. The van der Waals surface area contributed by atoms with E-state index in [0.717, 1.165) is 22.3 Å². The van der Waals surface area contributed by atoms with Crippen molar-refractivity contribution in [2.45, 2.75) is 25.6 Å². The van der Waals surface area contributed by atoms with Crippen LogP contribution in [0.15, 0.2) is 91.3 Å². The van der Waals surface area contributed by atoms with Crippen molar-refractivity contribution in [2.24, 2.45) is 0 Å². The molecule has 1 heterocycles. The molecule has 0 unspecified atom stereocenters. The number of hydrogen-bond donors (Lipinski definition) is 4. The van der Waals surface area contributed by atoms with Gasteiger partial charge in [0.05, 0.1) is 17.6 Å². The van der Waals surface area contributed by atoms with Crippen LogP contribution in [0.5, 0.6) is 0 Å². The van der Waals surface area contributed by atoms with Gasteiger partial charge in [0.15, 0.2) is 0 Å². The molecule has 4 N–H and O–H groups in total. The van der Waals surface area contributed by atoms with Crippen LogP contribution in [0, 0.1) is 0 Å². The average Bonchev–Trinajstić information content (AvgIpc) is 3.63. The maximum Gasteiger partial charge on any atom is 0.490 e. The molecule has 280 valence electrons. The molecule has 13 nitrogen and oxygen atoms in total. The number of likely N-dealkylation sites (N-methyl/N-ethyl adjacent to an activating group) is 1. The number of halogens is 6. The number of ether oxygens (including phenoxy) is 2. The Labute approximate surface area is 292 Å². The topological polar surface area (TPSA) is 174 Å². The first-order valence-corrected chi connectivity index (χ1v) is 14.7. The molecule has 0 aliphatic rings. The first-order valence-electron chi connectivity index (χ1n) is 14.7. The first kappa shape index (κ1) is 42.1. The number of aromatic amines is 1. The highest BCUT2D eigenvalue weighted by molar-refractivity contribution is 5.98. The number of nitrogens with zero attached hydrogens (tertiary/aromatic N) is 3. The summed E-state index contributed by atoms with van der Waals surface area (Å²) >= 11 is 0. The Morgan fingerprint density at radius 2 is 1.25 bits per heavy atom. The minimum atomic E-state index is -5.08. The summed E-state index contributed by atoms with van der Waals surface area (Å²) in [5.41, 5.74) is 4.32. The number of anilines is 2.